The number of amides is 2. The smallest absolute Gasteiger partial charge is 0.312 e. The van der Waals surface area contributed by atoms with Crippen molar-refractivity contribution < 1.29 is 9.18 Å². The number of urea groups is 1. The molecule has 3 N–H and O–H groups in total. The zero-order valence-corrected chi connectivity index (χ0v) is 17.2. The monoisotopic (exact) mass is 421 g/mol. The third-order valence-corrected chi connectivity index (χ3v) is 5.27. The summed E-state index contributed by atoms with van der Waals surface area (Å²) in [5.74, 6) is 1.38. The van der Waals surface area contributed by atoms with Crippen LogP contribution in [-0.4, -0.2) is 45.1 Å². The minimum absolute atomic E-state index is 0.0116. The Balaban J connectivity index is 1.55. The molecule has 4 rings (SSSR count). The zero-order valence-electron chi connectivity index (χ0n) is 17.2. The molecule has 0 saturated carbocycles. The zero-order chi connectivity index (χ0) is 21.8. The highest BCUT2D eigenvalue weighted by Crippen LogP contribution is 2.24. The number of carbonyl (C=O) groups is 1. The van der Waals surface area contributed by atoms with Crippen molar-refractivity contribution in [2.45, 2.75) is 31.7 Å². The fourth-order valence-electron chi connectivity index (χ4n) is 3.63. The van der Waals surface area contributed by atoms with Gasteiger partial charge in [-0.25, -0.2) is 19.2 Å². The van der Waals surface area contributed by atoms with Crippen molar-refractivity contribution in [2.75, 3.05) is 18.0 Å². The molecule has 2 amide bonds. The quantitative estimate of drug-likeness (QED) is 0.605. The Morgan fingerprint density at radius 2 is 2.00 bits per heavy atom. The SMILES string of the molecule is C[C@H](Cc1nc(Cc2cnccn2)cc(N2CC(NC(N)=O)C2)n1)c1ccc(F)cc1. The topological polar surface area (TPSA) is 110 Å². The van der Waals surface area contributed by atoms with Gasteiger partial charge in [-0.1, -0.05) is 19.1 Å². The van der Waals surface area contributed by atoms with Crippen LogP contribution in [-0.2, 0) is 12.8 Å². The van der Waals surface area contributed by atoms with E-state index >= 15 is 0 Å². The Labute approximate surface area is 179 Å². The highest BCUT2D eigenvalue weighted by Gasteiger charge is 2.29. The Morgan fingerprint density at radius 1 is 1.23 bits per heavy atom. The van der Waals surface area contributed by atoms with E-state index in [0.717, 1.165) is 22.8 Å². The standard InChI is InChI=1S/C22H24FN7O/c1-14(15-2-4-16(23)5-3-15)8-20-27-17(9-18-11-25-6-7-26-18)10-21(29-20)30-12-19(13-30)28-22(24)31/h2-7,10-11,14,19H,8-9,12-13H2,1H3,(H3,24,28,31)/t14-/m1/s1. The Kier molecular flexibility index (Phi) is 6.01. The predicted octanol–water partition coefficient (Wildman–Crippen LogP) is 2.20. The van der Waals surface area contributed by atoms with Gasteiger partial charge in [-0.15, -0.1) is 0 Å². The lowest BCUT2D eigenvalue weighted by Crippen LogP contribution is -2.60. The van der Waals surface area contributed by atoms with Crippen LogP contribution >= 0.6 is 0 Å². The number of nitrogens with one attached hydrogen (secondary N) is 1. The molecule has 1 aliphatic heterocycles. The number of carbonyl (C=O) groups excluding carboxylic acids is 1. The van der Waals surface area contributed by atoms with Crippen molar-refractivity contribution in [1.29, 1.82) is 0 Å². The molecule has 9 heteroatoms. The molecule has 1 aliphatic rings. The van der Waals surface area contributed by atoms with Crippen LogP contribution in [0.2, 0.25) is 0 Å². The van der Waals surface area contributed by atoms with Gasteiger partial charge in [0.05, 0.1) is 17.4 Å². The summed E-state index contributed by atoms with van der Waals surface area (Å²) in [5, 5.41) is 2.71. The number of rotatable bonds is 7. The van der Waals surface area contributed by atoms with Gasteiger partial charge >= 0.3 is 6.03 Å². The van der Waals surface area contributed by atoms with E-state index < -0.39 is 6.03 Å². The van der Waals surface area contributed by atoms with E-state index in [0.29, 0.717) is 31.8 Å². The van der Waals surface area contributed by atoms with Crippen molar-refractivity contribution >= 4 is 11.8 Å². The molecule has 1 saturated heterocycles. The number of benzene rings is 1. The highest BCUT2D eigenvalue weighted by atomic mass is 19.1. The predicted molar refractivity (Wildman–Crippen MR) is 114 cm³/mol. The number of halogens is 1. The molecule has 3 heterocycles. The van der Waals surface area contributed by atoms with Gasteiger partial charge in [-0.05, 0) is 23.6 Å². The minimum Gasteiger partial charge on any atom is -0.352 e. The van der Waals surface area contributed by atoms with Gasteiger partial charge in [0, 0.05) is 50.6 Å². The van der Waals surface area contributed by atoms with Crippen molar-refractivity contribution in [3.63, 3.8) is 0 Å². The van der Waals surface area contributed by atoms with E-state index in [4.69, 9.17) is 15.7 Å². The summed E-state index contributed by atoms with van der Waals surface area (Å²) in [4.78, 5) is 31.1. The summed E-state index contributed by atoms with van der Waals surface area (Å²) in [6.45, 7) is 3.34. The molecule has 1 atom stereocenters. The van der Waals surface area contributed by atoms with E-state index in [9.17, 15) is 9.18 Å². The summed E-state index contributed by atoms with van der Waals surface area (Å²) in [5.41, 5.74) is 7.90. The number of primary amides is 1. The lowest BCUT2D eigenvalue weighted by molar-refractivity contribution is 0.242. The molecule has 3 aromatic rings. The second kappa shape index (κ2) is 9.03. The molecule has 1 fully saturated rings. The number of hydrogen-bond acceptors (Lipinski definition) is 6. The van der Waals surface area contributed by atoms with Crippen LogP contribution in [0.5, 0.6) is 0 Å². The molecule has 0 radical (unpaired) electrons. The van der Waals surface area contributed by atoms with Gasteiger partial charge in [0.2, 0.25) is 0 Å². The molecule has 0 aliphatic carbocycles. The molecule has 8 nitrogen and oxygen atoms in total. The number of hydrogen-bond donors (Lipinski definition) is 2. The van der Waals surface area contributed by atoms with E-state index in [1.165, 1.54) is 12.1 Å². The van der Waals surface area contributed by atoms with Crippen molar-refractivity contribution in [3.8, 4) is 0 Å². The number of nitrogens with zero attached hydrogens (tertiary/aromatic N) is 5. The first-order valence-corrected chi connectivity index (χ1v) is 10.1. The first-order chi connectivity index (χ1) is 15.0. The van der Waals surface area contributed by atoms with Crippen LogP contribution in [0.4, 0.5) is 15.0 Å². The second-order valence-electron chi connectivity index (χ2n) is 7.77. The third-order valence-electron chi connectivity index (χ3n) is 5.27. The maximum atomic E-state index is 13.3. The fourth-order valence-corrected chi connectivity index (χ4v) is 3.63. The average molecular weight is 421 g/mol. The summed E-state index contributed by atoms with van der Waals surface area (Å²) in [6, 6.07) is 7.95. The lowest BCUT2D eigenvalue weighted by Gasteiger charge is -2.40. The maximum Gasteiger partial charge on any atom is 0.312 e. The molecule has 0 spiro atoms. The van der Waals surface area contributed by atoms with Crippen LogP contribution in [0.15, 0.2) is 48.9 Å². The third kappa shape index (κ3) is 5.30. The molecule has 31 heavy (non-hydrogen) atoms. The van der Waals surface area contributed by atoms with Gasteiger partial charge in [-0.3, -0.25) is 9.97 Å². The van der Waals surface area contributed by atoms with Gasteiger partial charge in [-0.2, -0.15) is 0 Å². The van der Waals surface area contributed by atoms with Crippen molar-refractivity contribution in [1.82, 2.24) is 25.3 Å². The lowest BCUT2D eigenvalue weighted by atomic mass is 9.97. The summed E-state index contributed by atoms with van der Waals surface area (Å²) >= 11 is 0. The Hall–Kier alpha value is -3.62. The van der Waals surface area contributed by atoms with Crippen LogP contribution in [0.3, 0.4) is 0 Å². The summed E-state index contributed by atoms with van der Waals surface area (Å²) in [6.07, 6.45) is 6.17. The minimum atomic E-state index is -0.524. The van der Waals surface area contributed by atoms with E-state index in [1.54, 1.807) is 30.7 Å². The molecule has 0 bridgehead atoms. The molecule has 160 valence electrons. The molecular weight excluding hydrogens is 397 g/mol. The first-order valence-electron chi connectivity index (χ1n) is 10.1. The normalized spacial score (nSPS) is 14.7. The first kappa shape index (κ1) is 20.6. The average Bonchev–Trinajstić information content (AvgIpc) is 2.71. The van der Waals surface area contributed by atoms with Gasteiger partial charge < -0.3 is 16.0 Å². The van der Waals surface area contributed by atoms with Gasteiger partial charge in [0.15, 0.2) is 0 Å². The van der Waals surface area contributed by atoms with Crippen LogP contribution in [0.25, 0.3) is 0 Å². The fraction of sp³-hybridized carbons (Fsp3) is 0.318. The largest absolute Gasteiger partial charge is 0.352 e. The maximum absolute atomic E-state index is 13.3. The second-order valence-corrected chi connectivity index (χ2v) is 7.77. The number of anilines is 1. The summed E-state index contributed by atoms with van der Waals surface area (Å²) in [7, 11) is 0. The van der Waals surface area contributed by atoms with E-state index in [2.05, 4.69) is 27.1 Å². The Bertz CT molecular complexity index is 1040. The number of aromatic nitrogens is 4. The van der Waals surface area contributed by atoms with Crippen LogP contribution in [0.1, 0.15) is 35.6 Å². The highest BCUT2D eigenvalue weighted by molar-refractivity contribution is 5.72. The molecule has 0 unspecified atom stereocenters. The molecule has 1 aromatic carbocycles. The summed E-state index contributed by atoms with van der Waals surface area (Å²) < 4.78 is 13.3. The van der Waals surface area contributed by atoms with E-state index in [-0.39, 0.29) is 17.8 Å². The van der Waals surface area contributed by atoms with E-state index in [1.807, 2.05) is 6.07 Å². The van der Waals surface area contributed by atoms with Crippen LogP contribution in [0, 0.1) is 5.82 Å². The van der Waals surface area contributed by atoms with Crippen molar-refractivity contribution in [3.05, 3.63) is 77.5 Å². The van der Waals surface area contributed by atoms with Gasteiger partial charge in [0.1, 0.15) is 17.5 Å². The Morgan fingerprint density at radius 3 is 2.68 bits per heavy atom. The molecular formula is C22H24FN7O. The van der Waals surface area contributed by atoms with Gasteiger partial charge in [0.25, 0.3) is 0 Å². The molecule has 2 aromatic heterocycles. The van der Waals surface area contributed by atoms with Crippen molar-refractivity contribution in [2.24, 2.45) is 5.73 Å². The van der Waals surface area contributed by atoms with Crippen LogP contribution < -0.4 is 16.0 Å². The number of nitrogens with two attached hydrogens (primary N) is 1.